The topological polar surface area (TPSA) is 0 Å². The Morgan fingerprint density at radius 1 is 1.18 bits per heavy atom. The molecule has 1 heterocycles. The monoisotopic (exact) mass is 364 g/mol. The Labute approximate surface area is 120 Å². The van der Waals surface area contributed by atoms with Crippen molar-refractivity contribution in [2.24, 2.45) is 0 Å². The molecule has 0 nitrogen and oxygen atoms in total. The zero-order chi connectivity index (χ0) is 12.3. The molecule has 0 amide bonds. The van der Waals surface area contributed by atoms with Crippen molar-refractivity contribution in [2.75, 3.05) is 0 Å². The van der Waals surface area contributed by atoms with Crippen LogP contribution in [0, 0.1) is 11.8 Å². The molecule has 1 aliphatic rings. The van der Waals surface area contributed by atoms with E-state index in [1.54, 1.807) is 8.94 Å². The third-order valence-electron chi connectivity index (χ3n) is 2.71. The van der Waals surface area contributed by atoms with Crippen molar-refractivity contribution in [3.8, 4) is 11.8 Å². The summed E-state index contributed by atoms with van der Waals surface area (Å²) in [4.78, 5) is 0. The van der Waals surface area contributed by atoms with E-state index in [9.17, 15) is 0 Å². The first kappa shape index (κ1) is 15.4. The van der Waals surface area contributed by atoms with Crippen LogP contribution in [0.3, 0.4) is 0 Å². The van der Waals surface area contributed by atoms with Crippen LogP contribution in [0.15, 0.2) is 8.94 Å². The molecule has 0 saturated heterocycles. The molecule has 0 fully saturated rings. The summed E-state index contributed by atoms with van der Waals surface area (Å²) in [7, 11) is 0. The summed E-state index contributed by atoms with van der Waals surface area (Å²) in [5.41, 5.74) is 1.55. The van der Waals surface area contributed by atoms with Crippen molar-refractivity contribution in [3.05, 3.63) is 8.94 Å². The average molecular weight is 362 g/mol. The van der Waals surface area contributed by atoms with Gasteiger partial charge in [0.15, 0.2) is 0 Å². The van der Waals surface area contributed by atoms with E-state index in [4.69, 9.17) is 0 Å². The van der Waals surface area contributed by atoms with E-state index in [1.165, 1.54) is 49.2 Å². The molecular formula is C15H24Se2. The van der Waals surface area contributed by atoms with Crippen LogP contribution in [0.25, 0.3) is 0 Å². The molecule has 0 N–H and O–H groups in total. The molecule has 1 aliphatic heterocycles. The van der Waals surface area contributed by atoms with Crippen molar-refractivity contribution in [3.63, 3.8) is 0 Å². The van der Waals surface area contributed by atoms with Crippen LogP contribution in [0.1, 0.15) is 58.8 Å². The molecule has 0 saturated carbocycles. The van der Waals surface area contributed by atoms with Crippen molar-refractivity contribution in [1.29, 1.82) is 0 Å². The first-order chi connectivity index (χ1) is 8.38. The van der Waals surface area contributed by atoms with Gasteiger partial charge in [-0.15, -0.1) is 0 Å². The Balaban J connectivity index is 2.34. The summed E-state index contributed by atoms with van der Waals surface area (Å²) < 4.78 is 1.81. The van der Waals surface area contributed by atoms with Gasteiger partial charge in [-0.2, -0.15) is 0 Å². The summed E-state index contributed by atoms with van der Waals surface area (Å²) in [6.07, 6.45) is 9.10. The quantitative estimate of drug-likeness (QED) is 0.361. The van der Waals surface area contributed by atoms with Crippen molar-refractivity contribution < 1.29 is 0 Å². The van der Waals surface area contributed by atoms with Crippen LogP contribution < -0.4 is 0 Å². The summed E-state index contributed by atoms with van der Waals surface area (Å²) >= 11 is 1.58. The maximum atomic E-state index is 3.48. The Kier molecular flexibility index (Phi) is 9.31. The third kappa shape index (κ3) is 6.73. The van der Waals surface area contributed by atoms with E-state index >= 15 is 0 Å². The number of hydrogen-bond donors (Lipinski definition) is 0. The fraction of sp³-hybridized carbons (Fsp3) is 0.733. The van der Waals surface area contributed by atoms with Crippen molar-refractivity contribution >= 4 is 29.9 Å². The average Bonchev–Trinajstić information content (AvgIpc) is 2.77. The zero-order valence-corrected chi connectivity index (χ0v) is 14.6. The van der Waals surface area contributed by atoms with Crippen LogP contribution in [-0.4, -0.2) is 29.9 Å². The number of unbranched alkanes of at least 4 members (excludes halogenated alkanes) is 4. The molecular weight excluding hydrogens is 338 g/mol. The van der Waals surface area contributed by atoms with Gasteiger partial charge < -0.3 is 0 Å². The van der Waals surface area contributed by atoms with Gasteiger partial charge in [0.25, 0.3) is 0 Å². The number of hydrogen-bond acceptors (Lipinski definition) is 0. The molecule has 0 atom stereocenters. The van der Waals surface area contributed by atoms with Gasteiger partial charge in [0.05, 0.1) is 0 Å². The van der Waals surface area contributed by atoms with Crippen LogP contribution in [0.5, 0.6) is 0 Å². The van der Waals surface area contributed by atoms with Gasteiger partial charge in [-0.05, 0) is 0 Å². The van der Waals surface area contributed by atoms with E-state index in [-0.39, 0.29) is 0 Å². The number of rotatable bonds is 7. The van der Waals surface area contributed by atoms with Crippen LogP contribution in [0.2, 0.25) is 10.6 Å². The normalized spacial score (nSPS) is 14.9. The summed E-state index contributed by atoms with van der Waals surface area (Å²) in [6, 6.07) is 0. The summed E-state index contributed by atoms with van der Waals surface area (Å²) in [5, 5.41) is 2.87. The van der Waals surface area contributed by atoms with Gasteiger partial charge in [0, 0.05) is 0 Å². The second kappa shape index (κ2) is 10.3. The second-order valence-corrected chi connectivity index (χ2v) is 10.3. The fourth-order valence-electron chi connectivity index (χ4n) is 1.62. The molecule has 0 aromatic heterocycles. The van der Waals surface area contributed by atoms with E-state index < -0.39 is 0 Å². The Hall–Kier alpha value is 0.339. The standard InChI is InChI=1S/C15H24Se2/c1-3-5-7-8-9-10-14-11-13-17-15(14)16-12-6-4-2/h3-8,11-13H2,1-2H3. The molecule has 17 heavy (non-hydrogen) atoms. The molecule has 0 spiro atoms. The van der Waals surface area contributed by atoms with Gasteiger partial charge in [-0.25, -0.2) is 0 Å². The van der Waals surface area contributed by atoms with E-state index in [0.717, 1.165) is 36.3 Å². The first-order valence-electron chi connectivity index (χ1n) is 6.86. The molecule has 1 rings (SSSR count). The maximum absolute atomic E-state index is 3.48. The van der Waals surface area contributed by atoms with Crippen LogP contribution in [0.4, 0.5) is 0 Å². The predicted octanol–water partition coefficient (Wildman–Crippen LogP) is 4.23. The summed E-state index contributed by atoms with van der Waals surface area (Å²) in [5.74, 6) is 6.87. The van der Waals surface area contributed by atoms with E-state index in [0.29, 0.717) is 0 Å². The Morgan fingerprint density at radius 3 is 2.76 bits per heavy atom. The van der Waals surface area contributed by atoms with Gasteiger partial charge in [-0.1, -0.05) is 0 Å². The minimum absolute atomic E-state index is 0.778. The first-order valence-corrected chi connectivity index (χ1v) is 11.0. The Morgan fingerprint density at radius 2 is 2.00 bits per heavy atom. The Bertz CT molecular complexity index is 294. The van der Waals surface area contributed by atoms with Crippen LogP contribution in [-0.2, 0) is 0 Å². The fourth-order valence-corrected chi connectivity index (χ4v) is 8.22. The molecule has 0 aliphatic carbocycles. The zero-order valence-electron chi connectivity index (χ0n) is 11.2. The molecule has 0 aromatic rings. The van der Waals surface area contributed by atoms with Gasteiger partial charge >= 0.3 is 120 Å². The molecule has 0 aromatic carbocycles. The summed E-state index contributed by atoms with van der Waals surface area (Å²) in [6.45, 7) is 4.54. The molecule has 0 unspecified atom stereocenters. The third-order valence-corrected chi connectivity index (χ3v) is 9.30. The molecule has 2 heteroatoms. The predicted molar refractivity (Wildman–Crippen MR) is 79.6 cm³/mol. The van der Waals surface area contributed by atoms with E-state index in [2.05, 4.69) is 25.7 Å². The van der Waals surface area contributed by atoms with E-state index in [1.807, 2.05) is 0 Å². The van der Waals surface area contributed by atoms with Gasteiger partial charge in [-0.3, -0.25) is 0 Å². The van der Waals surface area contributed by atoms with Crippen molar-refractivity contribution in [2.45, 2.75) is 69.4 Å². The van der Waals surface area contributed by atoms with Crippen molar-refractivity contribution in [1.82, 2.24) is 0 Å². The molecule has 96 valence electrons. The molecule has 0 bridgehead atoms. The van der Waals surface area contributed by atoms with Gasteiger partial charge in [0.2, 0.25) is 0 Å². The SMILES string of the molecule is CCCCCC#CC1=C([Se]CCCC)[Se]CC1. The second-order valence-electron chi connectivity index (χ2n) is 4.33. The molecule has 0 radical (unpaired) electrons. The minimum atomic E-state index is 0.778. The van der Waals surface area contributed by atoms with Gasteiger partial charge in [0.1, 0.15) is 0 Å². The number of allylic oxidation sites excluding steroid dienone is 1. The van der Waals surface area contributed by atoms with Crippen LogP contribution >= 0.6 is 0 Å².